The SMILES string of the molecule is COc1ccc(/C=C\c2cc(OC)c(OC)c(OC)c2)c(CS(=O)(=O)c2cccc(F)c2)c1O. The maximum absolute atomic E-state index is 13.6. The highest BCUT2D eigenvalue weighted by Gasteiger charge is 2.22. The van der Waals surface area contributed by atoms with Crippen LogP contribution in [0.4, 0.5) is 4.39 Å². The van der Waals surface area contributed by atoms with E-state index in [1.54, 1.807) is 30.4 Å². The number of rotatable bonds is 9. The molecule has 0 fully saturated rings. The number of aromatic hydroxyl groups is 1. The van der Waals surface area contributed by atoms with Crippen molar-refractivity contribution in [1.82, 2.24) is 0 Å². The third kappa shape index (κ3) is 5.26. The van der Waals surface area contributed by atoms with Crippen LogP contribution in [0.1, 0.15) is 16.7 Å². The minimum Gasteiger partial charge on any atom is -0.504 e. The van der Waals surface area contributed by atoms with Crippen molar-refractivity contribution in [3.8, 4) is 28.7 Å². The highest BCUT2D eigenvalue weighted by molar-refractivity contribution is 7.90. The van der Waals surface area contributed by atoms with Gasteiger partial charge in [0.2, 0.25) is 5.75 Å². The van der Waals surface area contributed by atoms with Crippen LogP contribution >= 0.6 is 0 Å². The van der Waals surface area contributed by atoms with E-state index >= 15 is 0 Å². The fourth-order valence-corrected chi connectivity index (χ4v) is 4.85. The lowest BCUT2D eigenvalue weighted by Gasteiger charge is -2.14. The highest BCUT2D eigenvalue weighted by atomic mass is 32.2. The first-order valence-electron chi connectivity index (χ1n) is 10.1. The summed E-state index contributed by atoms with van der Waals surface area (Å²) in [5.74, 6) is -0.0801. The number of ether oxygens (including phenoxy) is 4. The molecule has 7 nitrogen and oxygen atoms in total. The van der Waals surface area contributed by atoms with Gasteiger partial charge in [0.1, 0.15) is 5.82 Å². The predicted molar refractivity (Wildman–Crippen MR) is 127 cm³/mol. The number of phenols is 1. The minimum absolute atomic E-state index is 0.118. The van der Waals surface area contributed by atoms with Gasteiger partial charge in [0.15, 0.2) is 32.8 Å². The zero-order valence-electron chi connectivity index (χ0n) is 19.2. The van der Waals surface area contributed by atoms with Crippen molar-refractivity contribution in [3.63, 3.8) is 0 Å². The second-order valence-corrected chi connectivity index (χ2v) is 9.18. The number of hydrogen-bond donors (Lipinski definition) is 1. The van der Waals surface area contributed by atoms with Gasteiger partial charge in [0, 0.05) is 5.56 Å². The monoisotopic (exact) mass is 488 g/mol. The lowest BCUT2D eigenvalue weighted by Crippen LogP contribution is -2.07. The van der Waals surface area contributed by atoms with Crippen LogP contribution in [0.3, 0.4) is 0 Å². The van der Waals surface area contributed by atoms with Gasteiger partial charge in [-0.05, 0) is 47.5 Å². The van der Waals surface area contributed by atoms with Gasteiger partial charge in [-0.15, -0.1) is 0 Å². The van der Waals surface area contributed by atoms with E-state index in [1.807, 2.05) is 0 Å². The third-order valence-corrected chi connectivity index (χ3v) is 6.77. The lowest BCUT2D eigenvalue weighted by atomic mass is 10.0. The Kier molecular flexibility index (Phi) is 7.68. The molecule has 0 spiro atoms. The van der Waals surface area contributed by atoms with E-state index in [4.69, 9.17) is 18.9 Å². The molecule has 0 aliphatic carbocycles. The molecule has 0 aliphatic rings. The van der Waals surface area contributed by atoms with E-state index in [0.717, 1.165) is 12.1 Å². The largest absolute Gasteiger partial charge is 0.504 e. The standard InChI is InChI=1S/C25H25FO7S/c1-30-21-11-10-17(9-8-16-12-22(31-2)25(33-4)23(13-16)32-3)20(24(21)27)15-34(28,29)19-7-5-6-18(26)14-19/h5-14,27H,15H2,1-4H3/b9-8-. The molecule has 0 radical (unpaired) electrons. The zero-order valence-corrected chi connectivity index (χ0v) is 20.0. The summed E-state index contributed by atoms with van der Waals surface area (Å²) >= 11 is 0. The molecule has 0 bridgehead atoms. The van der Waals surface area contributed by atoms with Gasteiger partial charge in [-0.25, -0.2) is 12.8 Å². The molecule has 34 heavy (non-hydrogen) atoms. The summed E-state index contributed by atoms with van der Waals surface area (Å²) in [4.78, 5) is -0.186. The van der Waals surface area contributed by atoms with Crippen molar-refractivity contribution < 1.29 is 36.9 Å². The van der Waals surface area contributed by atoms with E-state index < -0.39 is 21.4 Å². The van der Waals surface area contributed by atoms with Gasteiger partial charge >= 0.3 is 0 Å². The fraction of sp³-hybridized carbons (Fsp3) is 0.200. The first-order chi connectivity index (χ1) is 16.2. The van der Waals surface area contributed by atoms with Gasteiger partial charge in [-0.3, -0.25) is 0 Å². The summed E-state index contributed by atoms with van der Waals surface area (Å²) in [5, 5.41) is 10.7. The number of benzene rings is 3. The van der Waals surface area contributed by atoms with Gasteiger partial charge in [-0.1, -0.05) is 24.3 Å². The molecule has 0 aliphatic heterocycles. The predicted octanol–water partition coefficient (Wildman–Crippen LogP) is 4.71. The number of methoxy groups -OCH3 is 4. The molecule has 0 aromatic heterocycles. The summed E-state index contributed by atoms with van der Waals surface area (Å²) in [6.07, 6.45) is 3.36. The van der Waals surface area contributed by atoms with Crippen LogP contribution in [0.2, 0.25) is 0 Å². The molecule has 0 heterocycles. The Balaban J connectivity index is 2.07. The number of sulfone groups is 1. The molecule has 1 N–H and O–H groups in total. The molecule has 3 aromatic carbocycles. The summed E-state index contributed by atoms with van der Waals surface area (Å²) in [6, 6.07) is 11.3. The van der Waals surface area contributed by atoms with Gasteiger partial charge in [0.25, 0.3) is 0 Å². The Hall–Kier alpha value is -3.72. The molecule has 0 amide bonds. The van der Waals surface area contributed by atoms with Crippen molar-refractivity contribution in [1.29, 1.82) is 0 Å². The summed E-state index contributed by atoms with van der Waals surface area (Å²) < 4.78 is 60.8. The van der Waals surface area contributed by atoms with Crippen LogP contribution < -0.4 is 18.9 Å². The van der Waals surface area contributed by atoms with E-state index in [0.29, 0.717) is 28.4 Å². The molecule has 3 aromatic rings. The molecule has 0 saturated heterocycles. The second-order valence-electron chi connectivity index (χ2n) is 7.19. The Morgan fingerprint density at radius 3 is 2.06 bits per heavy atom. The van der Waals surface area contributed by atoms with Gasteiger partial charge < -0.3 is 24.1 Å². The Morgan fingerprint density at radius 2 is 1.50 bits per heavy atom. The number of phenolic OH excluding ortho intramolecular Hbond substituents is 1. The molecule has 180 valence electrons. The quantitative estimate of drug-likeness (QED) is 0.436. The van der Waals surface area contributed by atoms with E-state index in [9.17, 15) is 17.9 Å². The Bertz CT molecular complexity index is 1290. The van der Waals surface area contributed by atoms with Gasteiger partial charge in [0.05, 0.1) is 39.1 Å². The Morgan fingerprint density at radius 1 is 0.853 bits per heavy atom. The maximum Gasteiger partial charge on any atom is 0.203 e. The summed E-state index contributed by atoms with van der Waals surface area (Å²) in [5.41, 5.74) is 1.24. The first kappa shape index (κ1) is 24.9. The average molecular weight is 489 g/mol. The first-order valence-corrected chi connectivity index (χ1v) is 11.7. The maximum atomic E-state index is 13.6. The van der Waals surface area contributed by atoms with Crippen LogP contribution in [0, 0.1) is 5.82 Å². The second kappa shape index (κ2) is 10.5. The lowest BCUT2D eigenvalue weighted by molar-refractivity contribution is 0.324. The Labute approximate surface area is 197 Å². The third-order valence-electron chi connectivity index (χ3n) is 5.13. The number of hydrogen-bond acceptors (Lipinski definition) is 7. The van der Waals surface area contributed by atoms with E-state index in [2.05, 4.69) is 0 Å². The van der Waals surface area contributed by atoms with Crippen LogP contribution in [0.5, 0.6) is 28.7 Å². The number of halogens is 1. The van der Waals surface area contributed by atoms with E-state index in [1.165, 1.54) is 46.6 Å². The molecule has 0 saturated carbocycles. The van der Waals surface area contributed by atoms with Gasteiger partial charge in [-0.2, -0.15) is 0 Å². The summed E-state index contributed by atoms with van der Waals surface area (Å²) in [6.45, 7) is 0. The van der Waals surface area contributed by atoms with Crippen molar-refractivity contribution in [2.24, 2.45) is 0 Å². The zero-order chi connectivity index (χ0) is 24.9. The van der Waals surface area contributed by atoms with Crippen molar-refractivity contribution in [3.05, 3.63) is 71.0 Å². The van der Waals surface area contributed by atoms with Crippen molar-refractivity contribution in [2.45, 2.75) is 10.6 Å². The molecule has 0 atom stereocenters. The molecule has 9 heteroatoms. The molecule has 3 rings (SSSR count). The highest BCUT2D eigenvalue weighted by Crippen LogP contribution is 2.39. The van der Waals surface area contributed by atoms with E-state index in [-0.39, 0.29) is 22.0 Å². The van der Waals surface area contributed by atoms with Crippen molar-refractivity contribution in [2.75, 3.05) is 28.4 Å². The topological polar surface area (TPSA) is 91.3 Å². The van der Waals surface area contributed by atoms with Crippen molar-refractivity contribution >= 4 is 22.0 Å². The average Bonchev–Trinajstić information content (AvgIpc) is 2.83. The smallest absolute Gasteiger partial charge is 0.203 e. The van der Waals surface area contributed by atoms with Crippen LogP contribution in [0.15, 0.2) is 53.4 Å². The normalized spacial score (nSPS) is 11.4. The molecular formula is C25H25FO7S. The fourth-order valence-electron chi connectivity index (χ4n) is 3.42. The minimum atomic E-state index is -3.97. The van der Waals surface area contributed by atoms with Crippen LogP contribution in [-0.4, -0.2) is 42.0 Å². The summed E-state index contributed by atoms with van der Waals surface area (Å²) in [7, 11) is 1.91. The van der Waals surface area contributed by atoms with Crippen LogP contribution in [-0.2, 0) is 15.6 Å². The van der Waals surface area contributed by atoms with Crippen LogP contribution in [0.25, 0.3) is 12.2 Å². The molecular weight excluding hydrogens is 463 g/mol. The molecule has 0 unspecified atom stereocenters.